The van der Waals surface area contributed by atoms with E-state index in [1.165, 1.54) is 28.3 Å². The second kappa shape index (κ2) is 5.25. The molecule has 0 atom stereocenters. The third-order valence-corrected chi connectivity index (χ3v) is 2.02. The average molecular weight is 225 g/mol. The number of hydrogen-bond donors (Lipinski definition) is 1. The third-order valence-electron chi connectivity index (χ3n) is 2.02. The molecule has 0 aliphatic rings. The lowest BCUT2D eigenvalue weighted by atomic mass is 10.2. The van der Waals surface area contributed by atoms with Crippen LogP contribution in [0.2, 0.25) is 0 Å². The van der Waals surface area contributed by atoms with Crippen LogP contribution in [0.1, 0.15) is 6.92 Å². The highest BCUT2D eigenvalue weighted by Gasteiger charge is 2.12. The smallest absolute Gasteiger partial charge is 0.221 e. The van der Waals surface area contributed by atoms with Crippen LogP contribution >= 0.6 is 0 Å². The lowest BCUT2D eigenvalue weighted by Gasteiger charge is -2.13. The number of nitrogens with one attached hydrogen (secondary N) is 1. The van der Waals surface area contributed by atoms with Crippen molar-refractivity contribution in [2.45, 2.75) is 6.92 Å². The summed E-state index contributed by atoms with van der Waals surface area (Å²) in [6.45, 7) is 1.43. The minimum absolute atomic E-state index is 0.175. The van der Waals surface area contributed by atoms with E-state index in [1.54, 1.807) is 12.1 Å². The Hall–Kier alpha value is -1.91. The van der Waals surface area contributed by atoms with Gasteiger partial charge in [-0.25, -0.2) is 0 Å². The predicted octanol–water partition coefficient (Wildman–Crippen LogP) is 1.67. The Balaban J connectivity index is 3.20. The number of amides is 1. The Morgan fingerprint density at radius 2 is 1.50 bits per heavy atom. The van der Waals surface area contributed by atoms with Crippen LogP contribution in [0, 0.1) is 0 Å². The zero-order valence-corrected chi connectivity index (χ0v) is 9.79. The molecule has 0 fully saturated rings. The lowest BCUT2D eigenvalue weighted by molar-refractivity contribution is -0.114. The van der Waals surface area contributed by atoms with Gasteiger partial charge >= 0.3 is 0 Å². The van der Waals surface area contributed by atoms with Gasteiger partial charge in [0.2, 0.25) is 5.91 Å². The number of hydrogen-bond acceptors (Lipinski definition) is 4. The van der Waals surface area contributed by atoms with E-state index in [2.05, 4.69) is 5.32 Å². The van der Waals surface area contributed by atoms with Crippen LogP contribution in [0.4, 0.5) is 5.69 Å². The van der Waals surface area contributed by atoms with E-state index in [4.69, 9.17) is 14.2 Å². The summed E-state index contributed by atoms with van der Waals surface area (Å²) in [7, 11) is 4.59. The predicted molar refractivity (Wildman–Crippen MR) is 60.4 cm³/mol. The molecule has 5 heteroatoms. The van der Waals surface area contributed by atoms with Crippen molar-refractivity contribution in [3.8, 4) is 17.2 Å². The van der Waals surface area contributed by atoms with Crippen LogP contribution in [0.25, 0.3) is 0 Å². The summed E-state index contributed by atoms with van der Waals surface area (Å²) in [5.74, 6) is 1.43. The van der Waals surface area contributed by atoms with Gasteiger partial charge in [-0.2, -0.15) is 0 Å². The molecule has 0 aliphatic carbocycles. The van der Waals surface area contributed by atoms with Crippen molar-refractivity contribution in [3.63, 3.8) is 0 Å². The highest BCUT2D eigenvalue weighted by Crippen LogP contribution is 2.37. The molecule has 0 unspecified atom stereocenters. The maximum absolute atomic E-state index is 11.0. The van der Waals surface area contributed by atoms with Gasteiger partial charge in [0.15, 0.2) is 11.5 Å². The van der Waals surface area contributed by atoms with Gasteiger partial charge in [0.25, 0.3) is 0 Å². The number of carbonyl (C=O) groups is 1. The minimum Gasteiger partial charge on any atom is -0.494 e. The molecule has 1 aromatic carbocycles. The van der Waals surface area contributed by atoms with Gasteiger partial charge in [0.05, 0.1) is 27.0 Å². The Bertz CT molecular complexity index is 390. The Morgan fingerprint density at radius 1 is 1.00 bits per heavy atom. The van der Waals surface area contributed by atoms with Gasteiger partial charge in [0.1, 0.15) is 5.75 Å². The molecule has 16 heavy (non-hydrogen) atoms. The molecule has 0 spiro atoms. The van der Waals surface area contributed by atoms with Crippen molar-refractivity contribution in [2.24, 2.45) is 0 Å². The Labute approximate surface area is 94.3 Å². The number of benzene rings is 1. The molecule has 5 nitrogen and oxygen atoms in total. The molecule has 88 valence electrons. The number of rotatable bonds is 4. The van der Waals surface area contributed by atoms with E-state index in [1.807, 2.05) is 0 Å². The summed E-state index contributed by atoms with van der Waals surface area (Å²) < 4.78 is 15.4. The number of methoxy groups -OCH3 is 3. The van der Waals surface area contributed by atoms with Crippen LogP contribution in [-0.2, 0) is 4.79 Å². The molecule has 1 N–H and O–H groups in total. The number of ether oxygens (including phenoxy) is 3. The first-order valence-electron chi connectivity index (χ1n) is 4.70. The van der Waals surface area contributed by atoms with Crippen LogP contribution < -0.4 is 19.5 Å². The SMILES string of the molecule is COc1cc(OC)c(OC)cc1NC(C)=O. The fourth-order valence-corrected chi connectivity index (χ4v) is 1.32. The van der Waals surface area contributed by atoms with Crippen LogP contribution in [0.3, 0.4) is 0 Å². The molecule has 0 heterocycles. The second-order valence-electron chi connectivity index (χ2n) is 3.09. The second-order valence-corrected chi connectivity index (χ2v) is 3.09. The van der Waals surface area contributed by atoms with Gasteiger partial charge in [-0.3, -0.25) is 4.79 Å². The van der Waals surface area contributed by atoms with Crippen molar-refractivity contribution < 1.29 is 19.0 Å². The van der Waals surface area contributed by atoms with Gasteiger partial charge < -0.3 is 19.5 Å². The molecular formula is C11H15NO4. The van der Waals surface area contributed by atoms with Crippen molar-refractivity contribution in [2.75, 3.05) is 26.6 Å². The molecule has 0 radical (unpaired) electrons. The van der Waals surface area contributed by atoms with Gasteiger partial charge in [-0.15, -0.1) is 0 Å². The lowest BCUT2D eigenvalue weighted by Crippen LogP contribution is -2.07. The van der Waals surface area contributed by atoms with E-state index in [9.17, 15) is 4.79 Å². The Morgan fingerprint density at radius 3 is 1.94 bits per heavy atom. The molecule has 1 amide bonds. The van der Waals surface area contributed by atoms with Gasteiger partial charge in [0, 0.05) is 19.1 Å². The zero-order chi connectivity index (χ0) is 12.1. The average Bonchev–Trinajstić information content (AvgIpc) is 2.27. The van der Waals surface area contributed by atoms with E-state index in [0.717, 1.165) is 0 Å². The molecule has 0 aromatic heterocycles. The van der Waals surface area contributed by atoms with E-state index in [-0.39, 0.29) is 5.91 Å². The molecule has 0 saturated carbocycles. The fourth-order valence-electron chi connectivity index (χ4n) is 1.32. The first kappa shape index (κ1) is 12.2. The number of carbonyl (C=O) groups excluding carboxylic acids is 1. The van der Waals surface area contributed by atoms with Crippen LogP contribution in [-0.4, -0.2) is 27.2 Å². The molecule has 1 aromatic rings. The summed E-state index contributed by atoms with van der Waals surface area (Å²) in [5, 5.41) is 2.65. The highest BCUT2D eigenvalue weighted by atomic mass is 16.5. The monoisotopic (exact) mass is 225 g/mol. The fraction of sp³-hybridized carbons (Fsp3) is 0.364. The first-order valence-corrected chi connectivity index (χ1v) is 4.70. The molecule has 0 bridgehead atoms. The quantitative estimate of drug-likeness (QED) is 0.846. The van der Waals surface area contributed by atoms with Gasteiger partial charge in [-0.05, 0) is 0 Å². The van der Waals surface area contributed by atoms with Crippen LogP contribution in [0.5, 0.6) is 17.2 Å². The molecule has 0 saturated heterocycles. The molecule has 0 aliphatic heterocycles. The maximum Gasteiger partial charge on any atom is 0.221 e. The van der Waals surface area contributed by atoms with Crippen molar-refractivity contribution in [1.82, 2.24) is 0 Å². The summed E-state index contributed by atoms with van der Waals surface area (Å²) in [4.78, 5) is 11.0. The maximum atomic E-state index is 11.0. The van der Waals surface area contributed by atoms with E-state index >= 15 is 0 Å². The van der Waals surface area contributed by atoms with E-state index < -0.39 is 0 Å². The summed E-state index contributed by atoms with van der Waals surface area (Å²) in [6, 6.07) is 3.31. The molecular weight excluding hydrogens is 210 g/mol. The highest BCUT2D eigenvalue weighted by molar-refractivity contribution is 5.91. The van der Waals surface area contributed by atoms with E-state index in [0.29, 0.717) is 22.9 Å². The summed E-state index contributed by atoms with van der Waals surface area (Å²) in [6.07, 6.45) is 0. The standard InChI is InChI=1S/C11H15NO4/c1-7(13)12-8-5-10(15-3)11(16-4)6-9(8)14-2/h5-6H,1-4H3,(H,12,13). The molecule has 1 rings (SSSR count). The largest absolute Gasteiger partial charge is 0.494 e. The summed E-state index contributed by atoms with van der Waals surface area (Å²) in [5.41, 5.74) is 0.549. The number of anilines is 1. The first-order chi connectivity index (χ1) is 7.62. The van der Waals surface area contributed by atoms with Crippen molar-refractivity contribution in [3.05, 3.63) is 12.1 Å². The zero-order valence-electron chi connectivity index (χ0n) is 9.79. The summed E-state index contributed by atoms with van der Waals surface area (Å²) >= 11 is 0. The van der Waals surface area contributed by atoms with Crippen molar-refractivity contribution >= 4 is 11.6 Å². The normalized spacial score (nSPS) is 9.50. The van der Waals surface area contributed by atoms with Crippen molar-refractivity contribution in [1.29, 1.82) is 0 Å². The third kappa shape index (κ3) is 2.56. The minimum atomic E-state index is -0.175. The Kier molecular flexibility index (Phi) is 3.99. The topological polar surface area (TPSA) is 56.8 Å². The van der Waals surface area contributed by atoms with Gasteiger partial charge in [-0.1, -0.05) is 0 Å². The van der Waals surface area contributed by atoms with Crippen LogP contribution in [0.15, 0.2) is 12.1 Å².